The fraction of sp³-hybridized carbons (Fsp3) is 0.250. The van der Waals surface area contributed by atoms with Crippen molar-refractivity contribution >= 4 is 144 Å². The van der Waals surface area contributed by atoms with Crippen molar-refractivity contribution in [3.8, 4) is 0 Å². The number of aliphatic carboxylic acids is 4. The van der Waals surface area contributed by atoms with Crippen LogP contribution in [0.25, 0.3) is 0 Å². The number of benzene rings is 2. The van der Waals surface area contributed by atoms with Gasteiger partial charge in [0.2, 0.25) is 24.7 Å². The summed E-state index contributed by atoms with van der Waals surface area (Å²) in [6.07, 6.45) is -0.598. The number of amides is 4. The van der Waals surface area contributed by atoms with E-state index in [0.717, 1.165) is 0 Å². The molecule has 0 radical (unpaired) electrons. The molecule has 0 unspecified atom stereocenters. The third-order valence-corrected chi connectivity index (χ3v) is 9.65. The molecule has 29 heteroatoms. The second-order valence-corrected chi connectivity index (χ2v) is 14.5. The molecule has 69 heavy (non-hydrogen) atoms. The second kappa shape index (κ2) is 24.5. The number of carbonyl (C=O) groups is 8. The van der Waals surface area contributed by atoms with Crippen molar-refractivity contribution in [2.45, 2.75) is 37.8 Å². The standard InChI is InChI=1S/2C20H21N7O7.Ca/c2*21-20-25-16-15(18(32)26-20)23-11(7-22-16)8-27(9-28)12-3-1-10(2-4-12)17(31)24-13(19(33)34)5-6-14(29)30;/h2*1-4,9,13H,5-8H2,(H,24,31)(H,29,30)(H,33,34)(H4,21,22,25,26,32);/q;;+2/p-2/t2*13-;/m00./s1. The molecule has 0 fully saturated rings. The summed E-state index contributed by atoms with van der Waals surface area (Å²) in [4.78, 5) is 139. The third-order valence-electron chi connectivity index (χ3n) is 9.65. The summed E-state index contributed by atoms with van der Waals surface area (Å²) in [6, 6.07) is 8.62. The van der Waals surface area contributed by atoms with Gasteiger partial charge in [-0.1, -0.05) is 0 Å². The Kier molecular flexibility index (Phi) is 19.0. The minimum Gasteiger partial charge on any atom is -0.550 e. The van der Waals surface area contributed by atoms with Gasteiger partial charge < -0.3 is 72.5 Å². The predicted octanol–water partition coefficient (Wildman–Crippen LogP) is -3.93. The number of carbonyl (C=O) groups excluding carboxylic acids is 6. The summed E-state index contributed by atoms with van der Waals surface area (Å²) in [7, 11) is 0. The Hall–Kier alpha value is -8.24. The molecule has 28 nitrogen and oxygen atoms in total. The molecule has 2 atom stereocenters. The summed E-state index contributed by atoms with van der Waals surface area (Å²) >= 11 is 0. The number of nitrogens with one attached hydrogen (secondary N) is 6. The van der Waals surface area contributed by atoms with Crippen LogP contribution in [0.5, 0.6) is 0 Å². The summed E-state index contributed by atoms with van der Waals surface area (Å²) < 4.78 is 0. The fourth-order valence-corrected chi connectivity index (χ4v) is 6.28. The van der Waals surface area contributed by atoms with E-state index in [-0.39, 0.29) is 123 Å². The predicted molar refractivity (Wildman–Crippen MR) is 241 cm³/mol. The molecule has 4 aromatic rings. The molecule has 4 amide bonds. The molecule has 0 saturated heterocycles. The Bertz CT molecular complexity index is 2610. The largest absolute Gasteiger partial charge is 2.00 e. The van der Waals surface area contributed by atoms with Crippen LogP contribution in [0.2, 0.25) is 0 Å². The van der Waals surface area contributed by atoms with Crippen LogP contribution in [0.3, 0.4) is 0 Å². The first-order chi connectivity index (χ1) is 32.3. The Morgan fingerprint density at radius 3 is 1.30 bits per heavy atom. The number of carboxylic acid groups (broad SMARTS) is 4. The molecule has 4 heterocycles. The number of hydrogen-bond donors (Lipinski definition) is 10. The number of aromatic nitrogens is 4. The number of hydrogen-bond acceptors (Lipinski definition) is 20. The molecular formula is C40H40CaN14O14. The van der Waals surface area contributed by atoms with E-state index in [2.05, 4.69) is 51.2 Å². The van der Waals surface area contributed by atoms with Gasteiger partial charge in [-0.3, -0.25) is 38.7 Å². The van der Waals surface area contributed by atoms with Gasteiger partial charge in [-0.05, 0) is 74.2 Å². The van der Waals surface area contributed by atoms with Gasteiger partial charge >= 0.3 is 49.7 Å². The van der Waals surface area contributed by atoms with Gasteiger partial charge in [-0.25, -0.2) is 19.6 Å². The number of carboxylic acids is 4. The van der Waals surface area contributed by atoms with Gasteiger partial charge in [0.05, 0.1) is 37.6 Å². The van der Waals surface area contributed by atoms with Gasteiger partial charge in [0, 0.05) is 34.4 Å². The first kappa shape index (κ1) is 53.4. The van der Waals surface area contributed by atoms with E-state index < -0.39 is 71.7 Å². The summed E-state index contributed by atoms with van der Waals surface area (Å²) in [5.41, 5.74) is 12.0. The summed E-state index contributed by atoms with van der Waals surface area (Å²) in [5, 5.41) is 49.8. The number of H-pyrrole nitrogens is 2. The fourth-order valence-electron chi connectivity index (χ4n) is 6.28. The van der Waals surface area contributed by atoms with Crippen LogP contribution in [0.1, 0.15) is 46.4 Å². The molecule has 0 spiro atoms. The smallest absolute Gasteiger partial charge is 0.550 e. The van der Waals surface area contributed by atoms with Crippen molar-refractivity contribution in [2.75, 3.05) is 58.1 Å². The number of nitrogen functional groups attached to an aromatic ring is 2. The van der Waals surface area contributed by atoms with Crippen LogP contribution in [-0.2, 0) is 28.8 Å². The average molecular weight is 981 g/mol. The minimum atomic E-state index is -1.43. The van der Waals surface area contributed by atoms with Gasteiger partial charge in [-0.2, -0.15) is 9.97 Å². The van der Waals surface area contributed by atoms with Crippen molar-refractivity contribution in [1.82, 2.24) is 30.6 Å². The SMILES string of the molecule is Nc1nc2c(c(=O)[nH]1)N=C(CN(C=O)c1ccc(C(=O)N[C@@H](CCC(=O)[O-])C(=O)O)cc1)CN2.Nc1nc2c(c(=O)[nH]1)N=C(CN(C=O)c1ccc(C(=O)N[C@@H](CCC(=O)[O-])C(=O)O)cc1)CN2.[Ca+2]. The van der Waals surface area contributed by atoms with Crippen molar-refractivity contribution < 1.29 is 58.8 Å². The Morgan fingerprint density at radius 1 is 0.652 bits per heavy atom. The summed E-state index contributed by atoms with van der Waals surface area (Å²) in [6.45, 7) is 0.511. The van der Waals surface area contributed by atoms with Crippen LogP contribution in [-0.4, -0.2) is 166 Å². The van der Waals surface area contributed by atoms with Crippen molar-refractivity contribution in [3.63, 3.8) is 0 Å². The van der Waals surface area contributed by atoms with Gasteiger partial charge in [0.25, 0.3) is 22.9 Å². The maximum absolute atomic E-state index is 12.3. The quantitative estimate of drug-likeness (QED) is 0.0299. The maximum atomic E-state index is 12.3. The van der Waals surface area contributed by atoms with Crippen molar-refractivity contribution in [2.24, 2.45) is 9.98 Å². The number of aromatic amines is 2. The monoisotopic (exact) mass is 980 g/mol. The van der Waals surface area contributed by atoms with Crippen molar-refractivity contribution in [3.05, 3.63) is 80.4 Å². The van der Waals surface area contributed by atoms with E-state index in [0.29, 0.717) is 35.6 Å². The summed E-state index contributed by atoms with van der Waals surface area (Å²) in [5.74, 6) is -6.69. The number of nitrogens with zero attached hydrogens (tertiary/aromatic N) is 6. The molecule has 0 bridgehead atoms. The van der Waals surface area contributed by atoms with Crippen LogP contribution >= 0.6 is 0 Å². The molecular weight excluding hydrogens is 941 g/mol. The first-order valence-corrected chi connectivity index (χ1v) is 19.9. The van der Waals surface area contributed by atoms with Crippen LogP contribution in [0, 0.1) is 0 Å². The van der Waals surface area contributed by atoms with E-state index >= 15 is 0 Å². The topological polar surface area (TPSA) is 446 Å². The van der Waals surface area contributed by atoms with Crippen LogP contribution in [0.4, 0.5) is 46.3 Å². The molecule has 2 aromatic heterocycles. The van der Waals surface area contributed by atoms with E-state index in [1.54, 1.807) is 0 Å². The molecule has 6 rings (SSSR count). The number of anilines is 6. The van der Waals surface area contributed by atoms with Crippen LogP contribution in [0.15, 0.2) is 68.1 Å². The average Bonchev–Trinajstić information content (AvgIpc) is 3.30. The first-order valence-electron chi connectivity index (χ1n) is 19.9. The zero-order valence-corrected chi connectivity index (χ0v) is 38.1. The van der Waals surface area contributed by atoms with Crippen molar-refractivity contribution in [1.29, 1.82) is 0 Å². The minimum absolute atomic E-state index is 0. The van der Waals surface area contributed by atoms with E-state index in [1.165, 1.54) is 58.3 Å². The van der Waals surface area contributed by atoms with E-state index in [9.17, 15) is 58.2 Å². The van der Waals surface area contributed by atoms with Gasteiger partial charge in [-0.15, -0.1) is 0 Å². The number of aliphatic imine (C=N–C) groups is 2. The maximum Gasteiger partial charge on any atom is 2.00 e. The van der Waals surface area contributed by atoms with Gasteiger partial charge in [0.1, 0.15) is 12.1 Å². The molecule has 2 aliphatic rings. The molecule has 0 aliphatic carbocycles. The van der Waals surface area contributed by atoms with E-state index in [4.69, 9.17) is 21.7 Å². The number of rotatable bonds is 20. The zero-order chi connectivity index (χ0) is 49.7. The second-order valence-electron chi connectivity index (χ2n) is 14.5. The third kappa shape index (κ3) is 14.9. The number of nitrogens with two attached hydrogens (primary N) is 2. The Morgan fingerprint density at radius 2 is 1.00 bits per heavy atom. The number of fused-ring (bicyclic) bond motifs is 2. The normalized spacial score (nSPS) is 12.8. The molecule has 12 N–H and O–H groups in total. The molecule has 356 valence electrons. The van der Waals surface area contributed by atoms with Gasteiger partial charge in [0.15, 0.2) is 23.0 Å². The van der Waals surface area contributed by atoms with Crippen LogP contribution < -0.4 is 63.9 Å². The Labute approximate surface area is 417 Å². The van der Waals surface area contributed by atoms with E-state index in [1.807, 2.05) is 0 Å². The molecule has 0 saturated carbocycles. The molecule has 2 aliphatic heterocycles. The molecule has 2 aromatic carbocycles. The Balaban J connectivity index is 0.000000296. The zero-order valence-electron chi connectivity index (χ0n) is 35.9.